The highest BCUT2D eigenvalue weighted by Gasteiger charge is 2.30. The molecule has 0 bridgehead atoms. The molecular formula is C16H16FN3O3S. The predicted octanol–water partition coefficient (Wildman–Crippen LogP) is 2.03. The van der Waals surface area contributed by atoms with Gasteiger partial charge in [-0.05, 0) is 30.2 Å². The highest BCUT2D eigenvalue weighted by atomic mass is 32.2. The highest BCUT2D eigenvalue weighted by Crippen LogP contribution is 2.26. The van der Waals surface area contributed by atoms with Gasteiger partial charge in [0.05, 0.1) is 23.7 Å². The van der Waals surface area contributed by atoms with Crippen molar-refractivity contribution < 1.29 is 17.6 Å². The van der Waals surface area contributed by atoms with E-state index in [1.54, 1.807) is 18.2 Å². The quantitative estimate of drug-likeness (QED) is 0.857. The van der Waals surface area contributed by atoms with Gasteiger partial charge in [0.15, 0.2) is 9.84 Å². The molecule has 1 aliphatic heterocycles. The van der Waals surface area contributed by atoms with Gasteiger partial charge in [-0.25, -0.2) is 17.5 Å². The van der Waals surface area contributed by atoms with Gasteiger partial charge >= 0.3 is 0 Å². The predicted molar refractivity (Wildman–Crippen MR) is 88.6 cm³/mol. The van der Waals surface area contributed by atoms with E-state index >= 15 is 0 Å². The lowest BCUT2D eigenvalue weighted by molar-refractivity contribution is -0.111. The van der Waals surface area contributed by atoms with Crippen LogP contribution >= 0.6 is 0 Å². The number of amides is 1. The summed E-state index contributed by atoms with van der Waals surface area (Å²) in [5, 5.41) is 6.78. The van der Waals surface area contributed by atoms with Crippen LogP contribution < -0.4 is 5.32 Å². The summed E-state index contributed by atoms with van der Waals surface area (Å²) >= 11 is 0. The van der Waals surface area contributed by atoms with Gasteiger partial charge in [-0.15, -0.1) is 0 Å². The Hall–Kier alpha value is -2.48. The van der Waals surface area contributed by atoms with Gasteiger partial charge in [-0.2, -0.15) is 5.10 Å². The van der Waals surface area contributed by atoms with Gasteiger partial charge in [0.2, 0.25) is 5.91 Å². The van der Waals surface area contributed by atoms with E-state index in [1.807, 2.05) is 0 Å². The molecule has 1 aromatic heterocycles. The Balaban J connectivity index is 1.69. The maximum atomic E-state index is 13.1. The Kier molecular flexibility index (Phi) is 4.48. The van der Waals surface area contributed by atoms with Crippen molar-refractivity contribution in [3.63, 3.8) is 0 Å². The number of rotatable bonds is 4. The lowest BCUT2D eigenvalue weighted by Crippen LogP contribution is -2.18. The van der Waals surface area contributed by atoms with Crippen molar-refractivity contribution in [3.8, 4) is 0 Å². The lowest BCUT2D eigenvalue weighted by atomic mass is 10.2. The molecule has 2 aromatic rings. The van der Waals surface area contributed by atoms with E-state index in [2.05, 4.69) is 10.4 Å². The number of nitrogens with one attached hydrogen (secondary N) is 1. The van der Waals surface area contributed by atoms with Crippen molar-refractivity contribution in [1.29, 1.82) is 0 Å². The number of carbonyl (C=O) groups is 1. The van der Waals surface area contributed by atoms with Crippen molar-refractivity contribution in [2.75, 3.05) is 16.8 Å². The molecule has 0 saturated carbocycles. The van der Waals surface area contributed by atoms with Gasteiger partial charge in [0.1, 0.15) is 11.6 Å². The first kappa shape index (κ1) is 16.4. The van der Waals surface area contributed by atoms with Crippen LogP contribution in [-0.2, 0) is 14.6 Å². The van der Waals surface area contributed by atoms with Crippen LogP contribution in [0.4, 0.5) is 10.2 Å². The van der Waals surface area contributed by atoms with E-state index in [4.69, 9.17) is 0 Å². The molecule has 8 heteroatoms. The first-order valence-electron chi connectivity index (χ1n) is 7.41. The zero-order valence-electron chi connectivity index (χ0n) is 12.7. The number of hydrogen-bond donors (Lipinski definition) is 1. The molecule has 0 spiro atoms. The van der Waals surface area contributed by atoms with Crippen molar-refractivity contribution >= 4 is 27.6 Å². The zero-order valence-corrected chi connectivity index (χ0v) is 13.5. The van der Waals surface area contributed by atoms with Crippen molar-refractivity contribution in [1.82, 2.24) is 9.78 Å². The third kappa shape index (κ3) is 3.88. The number of benzene rings is 1. The highest BCUT2D eigenvalue weighted by molar-refractivity contribution is 7.91. The molecule has 1 aromatic carbocycles. The van der Waals surface area contributed by atoms with Gasteiger partial charge in [-0.3, -0.25) is 4.79 Å². The number of hydrogen-bond acceptors (Lipinski definition) is 4. The number of carbonyl (C=O) groups excluding carboxylic acids is 1. The number of aromatic nitrogens is 2. The molecule has 1 aliphatic rings. The monoisotopic (exact) mass is 349 g/mol. The summed E-state index contributed by atoms with van der Waals surface area (Å²) in [5.74, 6) is -0.188. The van der Waals surface area contributed by atoms with Crippen molar-refractivity contribution in [3.05, 3.63) is 54.0 Å². The second kappa shape index (κ2) is 6.56. The van der Waals surface area contributed by atoms with E-state index in [0.717, 1.165) is 0 Å². The summed E-state index contributed by atoms with van der Waals surface area (Å²) in [6.07, 6.45) is 4.78. The topological polar surface area (TPSA) is 81.1 Å². The Morgan fingerprint density at radius 1 is 1.38 bits per heavy atom. The summed E-state index contributed by atoms with van der Waals surface area (Å²) in [4.78, 5) is 12.0. The molecular weight excluding hydrogens is 333 g/mol. The van der Waals surface area contributed by atoms with Gasteiger partial charge in [0, 0.05) is 12.1 Å². The van der Waals surface area contributed by atoms with Crippen LogP contribution in [0, 0.1) is 5.82 Å². The molecule has 3 rings (SSSR count). The normalized spacial score (nSPS) is 19.6. The van der Waals surface area contributed by atoms with E-state index in [0.29, 0.717) is 17.8 Å². The van der Waals surface area contributed by atoms with Gasteiger partial charge in [-0.1, -0.05) is 12.1 Å². The average Bonchev–Trinajstić information content (AvgIpc) is 3.11. The molecule has 0 unspecified atom stereocenters. The summed E-state index contributed by atoms with van der Waals surface area (Å²) in [7, 11) is -3.04. The number of halogens is 1. The molecule has 1 amide bonds. The maximum absolute atomic E-state index is 13.1. The summed E-state index contributed by atoms with van der Waals surface area (Å²) in [5.41, 5.74) is 0.570. The van der Waals surface area contributed by atoms with Gasteiger partial charge < -0.3 is 5.32 Å². The molecule has 24 heavy (non-hydrogen) atoms. The molecule has 1 N–H and O–H groups in total. The van der Waals surface area contributed by atoms with Crippen LogP contribution in [0.3, 0.4) is 0 Å². The van der Waals surface area contributed by atoms with E-state index in [9.17, 15) is 17.6 Å². The third-order valence-electron chi connectivity index (χ3n) is 3.75. The van der Waals surface area contributed by atoms with E-state index in [1.165, 1.54) is 35.2 Å². The zero-order chi connectivity index (χ0) is 17.2. The molecule has 0 aliphatic carbocycles. The Bertz CT molecular complexity index is 889. The Labute approximate surface area is 138 Å². The second-order valence-electron chi connectivity index (χ2n) is 5.60. The molecule has 1 atom stereocenters. The number of anilines is 1. The fourth-order valence-corrected chi connectivity index (χ4v) is 4.31. The number of nitrogens with zero attached hydrogens (tertiary/aromatic N) is 2. The van der Waals surface area contributed by atoms with Crippen LogP contribution in [0.2, 0.25) is 0 Å². The molecule has 6 nitrogen and oxygen atoms in total. The van der Waals surface area contributed by atoms with E-state index in [-0.39, 0.29) is 23.4 Å². The van der Waals surface area contributed by atoms with Crippen LogP contribution in [0.1, 0.15) is 18.0 Å². The fraction of sp³-hybridized carbons (Fsp3) is 0.250. The largest absolute Gasteiger partial charge is 0.307 e. The molecule has 1 fully saturated rings. The van der Waals surface area contributed by atoms with Crippen LogP contribution in [-0.4, -0.2) is 35.6 Å². The Morgan fingerprint density at radius 3 is 2.92 bits per heavy atom. The minimum absolute atomic E-state index is 0.0245. The van der Waals surface area contributed by atoms with Crippen molar-refractivity contribution in [2.45, 2.75) is 12.5 Å². The molecule has 1 saturated heterocycles. The molecule has 2 heterocycles. The van der Waals surface area contributed by atoms with Crippen molar-refractivity contribution in [2.24, 2.45) is 0 Å². The summed E-state index contributed by atoms with van der Waals surface area (Å²) in [6, 6.07) is 7.22. The first-order valence-corrected chi connectivity index (χ1v) is 9.24. The molecule has 0 radical (unpaired) electrons. The van der Waals surface area contributed by atoms with Crippen LogP contribution in [0.15, 0.2) is 42.6 Å². The lowest BCUT2D eigenvalue weighted by Gasteiger charge is -2.12. The standard InChI is InChI=1S/C16H16FN3O3S/c17-13-3-1-2-12(10-13)4-5-16(21)19-15-6-8-18-20(15)14-7-9-24(22,23)11-14/h1-6,8,10,14H,7,9,11H2,(H,19,21)/b5-4+/t14-/m1/s1. The fourth-order valence-electron chi connectivity index (χ4n) is 2.62. The maximum Gasteiger partial charge on any atom is 0.249 e. The van der Waals surface area contributed by atoms with E-state index < -0.39 is 15.7 Å². The summed E-state index contributed by atoms with van der Waals surface area (Å²) in [6.45, 7) is 0. The third-order valence-corrected chi connectivity index (χ3v) is 5.50. The smallest absolute Gasteiger partial charge is 0.249 e. The van der Waals surface area contributed by atoms with Crippen LogP contribution in [0.25, 0.3) is 6.08 Å². The second-order valence-corrected chi connectivity index (χ2v) is 7.82. The van der Waals surface area contributed by atoms with Crippen LogP contribution in [0.5, 0.6) is 0 Å². The number of sulfone groups is 1. The Morgan fingerprint density at radius 2 is 2.21 bits per heavy atom. The average molecular weight is 349 g/mol. The minimum Gasteiger partial charge on any atom is -0.307 e. The van der Waals surface area contributed by atoms with Gasteiger partial charge in [0.25, 0.3) is 0 Å². The molecule has 126 valence electrons. The summed E-state index contributed by atoms with van der Waals surface area (Å²) < 4.78 is 37.8. The SMILES string of the molecule is O=C(/C=C/c1cccc(F)c1)Nc1ccnn1[C@@H]1CCS(=O)(=O)C1. The first-order chi connectivity index (χ1) is 11.4. The minimum atomic E-state index is -3.04.